The van der Waals surface area contributed by atoms with E-state index in [0.717, 1.165) is 4.88 Å². The van der Waals surface area contributed by atoms with Crippen molar-refractivity contribution in [3.05, 3.63) is 85.9 Å². The van der Waals surface area contributed by atoms with Crippen molar-refractivity contribution in [1.82, 2.24) is 14.3 Å². The van der Waals surface area contributed by atoms with Gasteiger partial charge in [0.05, 0.1) is 35.2 Å². The molecule has 3 heterocycles. The first-order valence-electron chi connectivity index (χ1n) is 9.84. The summed E-state index contributed by atoms with van der Waals surface area (Å²) >= 11 is 7.45. The van der Waals surface area contributed by atoms with Gasteiger partial charge in [0.1, 0.15) is 23.8 Å². The molecule has 33 heavy (non-hydrogen) atoms. The molecule has 3 aromatic heterocycles. The Balaban J connectivity index is 1.78. The minimum Gasteiger partial charge on any atom is -0.496 e. The Labute approximate surface area is 198 Å². The van der Waals surface area contributed by atoms with Crippen LogP contribution in [-0.2, 0) is 13.1 Å². The van der Waals surface area contributed by atoms with Crippen LogP contribution in [0.2, 0.25) is 4.34 Å². The summed E-state index contributed by atoms with van der Waals surface area (Å²) < 4.78 is 8.49. The lowest BCUT2D eigenvalue weighted by Gasteiger charge is -2.10. The molecule has 4 rings (SSSR count). The van der Waals surface area contributed by atoms with Gasteiger partial charge < -0.3 is 14.6 Å². The highest BCUT2D eigenvalue weighted by Gasteiger charge is 2.21. The maximum absolute atomic E-state index is 13.4. The van der Waals surface area contributed by atoms with Crippen LogP contribution in [0.3, 0.4) is 0 Å². The second-order valence-electron chi connectivity index (χ2n) is 6.90. The van der Waals surface area contributed by atoms with E-state index in [4.69, 9.17) is 21.6 Å². The highest BCUT2D eigenvalue weighted by Crippen LogP contribution is 2.26. The lowest BCUT2D eigenvalue weighted by atomic mass is 10.2. The summed E-state index contributed by atoms with van der Waals surface area (Å²) in [6, 6.07) is 17.4. The number of halogens is 1. The van der Waals surface area contributed by atoms with Gasteiger partial charge in [-0.3, -0.25) is 9.59 Å². The van der Waals surface area contributed by atoms with Crippen LogP contribution in [0, 0.1) is 11.3 Å². The third-order valence-electron chi connectivity index (χ3n) is 4.85. The van der Waals surface area contributed by atoms with Crippen molar-refractivity contribution in [2.45, 2.75) is 13.1 Å². The van der Waals surface area contributed by atoms with Crippen molar-refractivity contribution in [3.63, 3.8) is 0 Å². The standard InChI is InChI=1S/C23H18ClN5O3S/c1-32-19-7-3-2-5-17(19)23(31)29-21(26-14-15-8-9-20(24)33-15)13-18(27-29)16-6-4-11-28(12-10-25)22(16)30/h2-9,11,13,26H,12,14H2,1H3. The molecule has 10 heteroatoms. The highest BCUT2D eigenvalue weighted by atomic mass is 35.5. The molecule has 0 saturated heterocycles. The molecule has 0 aliphatic carbocycles. The van der Waals surface area contributed by atoms with Crippen LogP contribution in [0.25, 0.3) is 11.3 Å². The summed E-state index contributed by atoms with van der Waals surface area (Å²) in [6.07, 6.45) is 1.53. The number of rotatable bonds is 7. The van der Waals surface area contributed by atoms with Gasteiger partial charge in [0.15, 0.2) is 0 Å². The van der Waals surface area contributed by atoms with Crippen LogP contribution in [-0.4, -0.2) is 27.4 Å². The molecule has 4 aromatic rings. The summed E-state index contributed by atoms with van der Waals surface area (Å²) in [5, 5.41) is 16.6. The quantitative estimate of drug-likeness (QED) is 0.425. The number of para-hydroxylation sites is 1. The molecule has 0 spiro atoms. The maximum Gasteiger partial charge on any atom is 0.283 e. The number of pyridine rings is 1. The molecule has 1 N–H and O–H groups in total. The third-order valence-corrected chi connectivity index (χ3v) is 6.08. The number of aromatic nitrogens is 3. The van der Waals surface area contributed by atoms with Crippen molar-refractivity contribution in [2.24, 2.45) is 0 Å². The summed E-state index contributed by atoms with van der Waals surface area (Å²) in [6.45, 7) is 0.326. The number of nitrogens with one attached hydrogen (secondary N) is 1. The monoisotopic (exact) mass is 479 g/mol. The summed E-state index contributed by atoms with van der Waals surface area (Å²) in [5.41, 5.74) is 0.542. The maximum atomic E-state index is 13.4. The zero-order valence-corrected chi connectivity index (χ0v) is 19.1. The number of thiophene rings is 1. The average Bonchev–Trinajstić information content (AvgIpc) is 3.44. The lowest BCUT2D eigenvalue weighted by Crippen LogP contribution is -2.21. The summed E-state index contributed by atoms with van der Waals surface area (Å²) in [7, 11) is 1.49. The Morgan fingerprint density at radius 2 is 2.06 bits per heavy atom. The number of nitrogens with zero attached hydrogens (tertiary/aromatic N) is 4. The largest absolute Gasteiger partial charge is 0.496 e. The molecule has 0 radical (unpaired) electrons. The topological polar surface area (TPSA) is 102 Å². The van der Waals surface area contributed by atoms with Gasteiger partial charge in [0.25, 0.3) is 11.5 Å². The predicted molar refractivity (Wildman–Crippen MR) is 127 cm³/mol. The normalized spacial score (nSPS) is 10.6. The molecular weight excluding hydrogens is 462 g/mol. The highest BCUT2D eigenvalue weighted by molar-refractivity contribution is 7.16. The molecule has 0 fully saturated rings. The van der Waals surface area contributed by atoms with Crippen molar-refractivity contribution < 1.29 is 9.53 Å². The number of ether oxygens (including phenoxy) is 1. The molecule has 166 valence electrons. The van der Waals surface area contributed by atoms with E-state index in [1.165, 1.54) is 33.9 Å². The molecule has 0 bridgehead atoms. The van der Waals surface area contributed by atoms with E-state index >= 15 is 0 Å². The number of benzene rings is 1. The fraction of sp³-hybridized carbons (Fsp3) is 0.130. The Bertz CT molecular complexity index is 1420. The van der Waals surface area contributed by atoms with Crippen molar-refractivity contribution in [2.75, 3.05) is 12.4 Å². The van der Waals surface area contributed by atoms with Crippen molar-refractivity contribution in [3.8, 4) is 23.1 Å². The Hall–Kier alpha value is -3.87. The number of nitriles is 1. The van der Waals surface area contributed by atoms with E-state index in [1.54, 1.807) is 48.5 Å². The molecule has 0 unspecified atom stereocenters. The Kier molecular flexibility index (Phi) is 6.58. The molecule has 0 aliphatic rings. The molecular formula is C23H18ClN5O3S. The molecule has 8 nitrogen and oxygen atoms in total. The zero-order valence-electron chi connectivity index (χ0n) is 17.5. The molecule has 0 atom stereocenters. The van der Waals surface area contributed by atoms with E-state index in [9.17, 15) is 9.59 Å². The fourth-order valence-electron chi connectivity index (χ4n) is 3.29. The fourth-order valence-corrected chi connectivity index (χ4v) is 4.31. The minimum atomic E-state index is -0.418. The third kappa shape index (κ3) is 4.67. The van der Waals surface area contributed by atoms with Crippen molar-refractivity contribution in [1.29, 1.82) is 5.26 Å². The second-order valence-corrected chi connectivity index (χ2v) is 8.70. The van der Waals surface area contributed by atoms with Crippen LogP contribution in [0.1, 0.15) is 15.2 Å². The molecule has 1 aromatic carbocycles. The predicted octanol–water partition coefficient (Wildman–Crippen LogP) is 4.26. The van der Waals surface area contributed by atoms with Gasteiger partial charge in [0, 0.05) is 17.1 Å². The SMILES string of the molecule is COc1ccccc1C(=O)n1nc(-c2cccn(CC#N)c2=O)cc1NCc1ccc(Cl)s1. The van der Waals surface area contributed by atoms with Crippen molar-refractivity contribution >= 4 is 34.7 Å². The number of carbonyl (C=O) groups excluding carboxylic acids is 1. The average molecular weight is 480 g/mol. The van der Waals surface area contributed by atoms with Gasteiger partial charge in [0.2, 0.25) is 0 Å². The van der Waals surface area contributed by atoms with Crippen LogP contribution < -0.4 is 15.6 Å². The first-order chi connectivity index (χ1) is 16.0. The van der Waals surface area contributed by atoms with E-state index in [1.807, 2.05) is 12.1 Å². The number of methoxy groups -OCH3 is 1. The van der Waals surface area contributed by atoms with Gasteiger partial charge in [-0.2, -0.15) is 15.0 Å². The Morgan fingerprint density at radius 1 is 1.24 bits per heavy atom. The number of hydrogen-bond acceptors (Lipinski definition) is 7. The van der Waals surface area contributed by atoms with E-state index in [2.05, 4.69) is 10.4 Å². The molecule has 0 saturated carbocycles. The number of carbonyl (C=O) groups is 1. The van der Waals surface area contributed by atoms with Gasteiger partial charge in [-0.25, -0.2) is 0 Å². The summed E-state index contributed by atoms with van der Waals surface area (Å²) in [4.78, 5) is 27.2. The van der Waals surface area contributed by atoms with E-state index < -0.39 is 5.91 Å². The molecule has 0 aliphatic heterocycles. The molecule has 0 amide bonds. The summed E-state index contributed by atoms with van der Waals surface area (Å²) in [5.74, 6) is 0.394. The minimum absolute atomic E-state index is 0.0855. The van der Waals surface area contributed by atoms with Crippen LogP contribution >= 0.6 is 22.9 Å². The number of anilines is 1. The lowest BCUT2D eigenvalue weighted by molar-refractivity contribution is 0.0945. The van der Waals surface area contributed by atoms with Gasteiger partial charge >= 0.3 is 0 Å². The van der Waals surface area contributed by atoms with Crippen LogP contribution in [0.4, 0.5) is 5.82 Å². The van der Waals surface area contributed by atoms with Gasteiger partial charge in [-0.05, 0) is 36.4 Å². The zero-order chi connectivity index (χ0) is 23.4. The second kappa shape index (κ2) is 9.73. The van der Waals surface area contributed by atoms with E-state index in [-0.39, 0.29) is 17.7 Å². The first kappa shape index (κ1) is 22.3. The smallest absolute Gasteiger partial charge is 0.283 e. The van der Waals surface area contributed by atoms with Gasteiger partial charge in [-0.15, -0.1) is 11.3 Å². The van der Waals surface area contributed by atoms with Gasteiger partial charge in [-0.1, -0.05) is 23.7 Å². The van der Waals surface area contributed by atoms with Crippen LogP contribution in [0.5, 0.6) is 5.75 Å². The van der Waals surface area contributed by atoms with Crippen LogP contribution in [0.15, 0.2) is 65.6 Å². The first-order valence-corrected chi connectivity index (χ1v) is 11.0. The number of hydrogen-bond donors (Lipinski definition) is 1. The van der Waals surface area contributed by atoms with E-state index in [0.29, 0.717) is 33.7 Å². The Morgan fingerprint density at radius 3 is 2.79 bits per heavy atom.